The number of hydrogen-bond acceptors (Lipinski definition) is 3. The molecule has 0 bridgehead atoms. The van der Waals surface area contributed by atoms with E-state index in [0.29, 0.717) is 12.6 Å². The van der Waals surface area contributed by atoms with Gasteiger partial charge < -0.3 is 10.6 Å². The van der Waals surface area contributed by atoms with Crippen LogP contribution in [0.2, 0.25) is 0 Å². The molecular weight excluding hydrogens is 230 g/mol. The molecule has 1 atom stereocenters. The third kappa shape index (κ3) is 1.90. The predicted octanol–water partition coefficient (Wildman–Crippen LogP) is 0.993. The van der Waals surface area contributed by atoms with E-state index in [9.17, 15) is 9.59 Å². The molecule has 3 aliphatic rings. The fourth-order valence-electron chi connectivity index (χ4n) is 3.47. The molecular formula is C13H21N3O2. The topological polar surface area (TPSA) is 61.4 Å². The summed E-state index contributed by atoms with van der Waals surface area (Å²) in [4.78, 5) is 25.9. The maximum absolute atomic E-state index is 12.5. The zero-order chi connectivity index (χ0) is 12.6. The molecule has 2 saturated heterocycles. The summed E-state index contributed by atoms with van der Waals surface area (Å²) < 4.78 is 0. The van der Waals surface area contributed by atoms with E-state index in [4.69, 9.17) is 0 Å². The number of nitrogens with one attached hydrogen (secondary N) is 2. The smallest absolute Gasteiger partial charge is 0.323 e. The van der Waals surface area contributed by atoms with Crippen LogP contribution in [-0.2, 0) is 4.79 Å². The van der Waals surface area contributed by atoms with Gasteiger partial charge in [0.2, 0.25) is 0 Å². The van der Waals surface area contributed by atoms with Crippen LogP contribution in [0.5, 0.6) is 0 Å². The Morgan fingerprint density at radius 3 is 2.61 bits per heavy atom. The van der Waals surface area contributed by atoms with Crippen LogP contribution in [0.4, 0.5) is 4.79 Å². The summed E-state index contributed by atoms with van der Waals surface area (Å²) >= 11 is 0. The van der Waals surface area contributed by atoms with Gasteiger partial charge in [0.1, 0.15) is 5.54 Å². The molecule has 1 spiro atoms. The van der Waals surface area contributed by atoms with Crippen molar-refractivity contribution in [3.8, 4) is 0 Å². The van der Waals surface area contributed by atoms with Crippen molar-refractivity contribution < 1.29 is 9.59 Å². The molecule has 1 aliphatic carbocycles. The van der Waals surface area contributed by atoms with Crippen LogP contribution < -0.4 is 10.6 Å². The first-order chi connectivity index (χ1) is 8.71. The lowest BCUT2D eigenvalue weighted by molar-refractivity contribution is -0.132. The molecule has 1 saturated carbocycles. The van der Waals surface area contributed by atoms with Gasteiger partial charge in [-0.15, -0.1) is 0 Å². The van der Waals surface area contributed by atoms with Crippen LogP contribution >= 0.6 is 0 Å². The molecule has 0 aromatic heterocycles. The molecule has 5 nitrogen and oxygen atoms in total. The van der Waals surface area contributed by atoms with Gasteiger partial charge in [-0.2, -0.15) is 0 Å². The third-order valence-corrected chi connectivity index (χ3v) is 4.52. The van der Waals surface area contributed by atoms with Gasteiger partial charge in [0.25, 0.3) is 5.91 Å². The van der Waals surface area contributed by atoms with Gasteiger partial charge >= 0.3 is 6.03 Å². The normalized spacial score (nSPS) is 31.1. The van der Waals surface area contributed by atoms with Gasteiger partial charge in [-0.3, -0.25) is 9.69 Å². The second kappa shape index (κ2) is 4.53. The minimum atomic E-state index is -0.562. The lowest BCUT2D eigenvalue weighted by Crippen LogP contribution is -2.49. The van der Waals surface area contributed by atoms with Crippen LogP contribution in [0.25, 0.3) is 0 Å². The van der Waals surface area contributed by atoms with Crippen LogP contribution in [0, 0.1) is 0 Å². The van der Waals surface area contributed by atoms with Crippen molar-refractivity contribution in [3.63, 3.8) is 0 Å². The minimum absolute atomic E-state index is 0.0147. The van der Waals surface area contributed by atoms with Gasteiger partial charge in [-0.1, -0.05) is 19.3 Å². The average molecular weight is 251 g/mol. The highest BCUT2D eigenvalue weighted by molar-refractivity contribution is 6.07. The average Bonchev–Trinajstić information content (AvgIpc) is 2.95. The van der Waals surface area contributed by atoms with E-state index in [-0.39, 0.29) is 11.9 Å². The maximum Gasteiger partial charge on any atom is 0.325 e. The Hall–Kier alpha value is -1.10. The molecule has 3 fully saturated rings. The van der Waals surface area contributed by atoms with Crippen molar-refractivity contribution in [1.29, 1.82) is 0 Å². The molecule has 0 unspecified atom stereocenters. The highest BCUT2D eigenvalue weighted by atomic mass is 16.2. The summed E-state index contributed by atoms with van der Waals surface area (Å²) in [7, 11) is 0. The molecule has 0 aromatic rings. The van der Waals surface area contributed by atoms with Gasteiger partial charge in [0, 0.05) is 12.6 Å². The van der Waals surface area contributed by atoms with Gasteiger partial charge in [-0.25, -0.2) is 4.79 Å². The summed E-state index contributed by atoms with van der Waals surface area (Å²) in [6.45, 7) is 1.53. The molecule has 0 aromatic carbocycles. The number of urea groups is 1. The zero-order valence-electron chi connectivity index (χ0n) is 10.7. The Bertz CT molecular complexity index is 357. The van der Waals surface area contributed by atoms with Crippen molar-refractivity contribution in [2.24, 2.45) is 0 Å². The Morgan fingerprint density at radius 1 is 1.17 bits per heavy atom. The Morgan fingerprint density at radius 2 is 1.94 bits per heavy atom. The number of hydrogen-bond donors (Lipinski definition) is 2. The number of imide groups is 1. The predicted molar refractivity (Wildman–Crippen MR) is 67.1 cm³/mol. The van der Waals surface area contributed by atoms with Crippen LogP contribution in [0.3, 0.4) is 0 Å². The quantitative estimate of drug-likeness (QED) is 0.720. The van der Waals surface area contributed by atoms with Crippen molar-refractivity contribution in [2.75, 3.05) is 13.1 Å². The van der Waals surface area contributed by atoms with Gasteiger partial charge in [0.05, 0.1) is 0 Å². The summed E-state index contributed by atoms with van der Waals surface area (Å²) in [6, 6.07) is 0.106. The lowest BCUT2D eigenvalue weighted by atomic mass is 9.82. The minimum Gasteiger partial charge on any atom is -0.323 e. The van der Waals surface area contributed by atoms with E-state index < -0.39 is 5.54 Å². The lowest BCUT2D eigenvalue weighted by Gasteiger charge is -2.30. The molecule has 5 heteroatoms. The van der Waals surface area contributed by atoms with Crippen LogP contribution in [0.15, 0.2) is 0 Å². The fourth-order valence-corrected chi connectivity index (χ4v) is 3.47. The number of carbonyl (C=O) groups is 2. The van der Waals surface area contributed by atoms with E-state index in [1.165, 1.54) is 11.3 Å². The summed E-state index contributed by atoms with van der Waals surface area (Å²) in [5, 5.41) is 6.29. The SMILES string of the molecule is O=C1NC2(CCCCC2)C(=O)N1C[C@H]1CCCN1. The van der Waals surface area contributed by atoms with Crippen molar-refractivity contribution in [1.82, 2.24) is 15.5 Å². The molecule has 100 valence electrons. The van der Waals surface area contributed by atoms with E-state index in [1.54, 1.807) is 0 Å². The first-order valence-corrected chi connectivity index (χ1v) is 7.09. The highest BCUT2D eigenvalue weighted by Gasteiger charge is 2.51. The van der Waals surface area contributed by atoms with Gasteiger partial charge in [-0.05, 0) is 32.2 Å². The number of nitrogens with zero attached hydrogens (tertiary/aromatic N) is 1. The van der Waals surface area contributed by atoms with Crippen molar-refractivity contribution >= 4 is 11.9 Å². The molecule has 2 N–H and O–H groups in total. The van der Waals surface area contributed by atoms with E-state index >= 15 is 0 Å². The van der Waals surface area contributed by atoms with Crippen LogP contribution in [-0.4, -0.2) is 41.5 Å². The van der Waals surface area contributed by atoms with Crippen molar-refractivity contribution in [2.45, 2.75) is 56.5 Å². The highest BCUT2D eigenvalue weighted by Crippen LogP contribution is 2.33. The fraction of sp³-hybridized carbons (Fsp3) is 0.846. The molecule has 2 heterocycles. The first-order valence-electron chi connectivity index (χ1n) is 7.09. The first kappa shape index (κ1) is 12.0. The number of amides is 3. The Kier molecular flexibility index (Phi) is 3.01. The molecule has 3 amide bonds. The molecule has 3 rings (SSSR count). The second-order valence-corrected chi connectivity index (χ2v) is 5.78. The third-order valence-electron chi connectivity index (χ3n) is 4.52. The van der Waals surface area contributed by atoms with E-state index in [0.717, 1.165) is 45.1 Å². The zero-order valence-corrected chi connectivity index (χ0v) is 10.7. The number of carbonyl (C=O) groups excluding carboxylic acids is 2. The second-order valence-electron chi connectivity index (χ2n) is 5.78. The maximum atomic E-state index is 12.5. The summed E-state index contributed by atoms with van der Waals surface area (Å²) in [6.07, 6.45) is 7.08. The summed E-state index contributed by atoms with van der Waals surface area (Å²) in [5.41, 5.74) is -0.562. The van der Waals surface area contributed by atoms with Crippen molar-refractivity contribution in [3.05, 3.63) is 0 Å². The van der Waals surface area contributed by atoms with Crippen LogP contribution in [0.1, 0.15) is 44.9 Å². The Balaban J connectivity index is 1.71. The monoisotopic (exact) mass is 251 g/mol. The van der Waals surface area contributed by atoms with Gasteiger partial charge in [0.15, 0.2) is 0 Å². The standard InChI is InChI=1S/C13H21N3O2/c17-11-13(6-2-1-3-7-13)15-12(18)16(11)9-10-5-4-8-14-10/h10,14H,1-9H2,(H,15,18)/t10-/m1/s1. The molecule has 2 aliphatic heterocycles. The largest absolute Gasteiger partial charge is 0.325 e. The molecule has 0 radical (unpaired) electrons. The van der Waals surface area contributed by atoms with E-state index in [1.807, 2.05) is 0 Å². The Labute approximate surface area is 107 Å². The van der Waals surface area contributed by atoms with E-state index in [2.05, 4.69) is 10.6 Å². The summed E-state index contributed by atoms with van der Waals surface area (Å²) in [5.74, 6) is 0.0147. The molecule has 18 heavy (non-hydrogen) atoms. The number of rotatable bonds is 2.